The molecule has 0 saturated heterocycles. The van der Waals surface area contributed by atoms with Gasteiger partial charge in [-0.2, -0.15) is 0 Å². The van der Waals surface area contributed by atoms with E-state index in [0.29, 0.717) is 12.8 Å². The van der Waals surface area contributed by atoms with Gasteiger partial charge < -0.3 is 9.84 Å². The Balaban J connectivity index is 3.07. The molecule has 1 unspecified atom stereocenters. The van der Waals surface area contributed by atoms with Gasteiger partial charge in [-0.15, -0.1) is 0 Å². The summed E-state index contributed by atoms with van der Waals surface area (Å²) in [5.74, 6) is -1.50. The SMILES string of the molecule is CCCCC(Oc1ccc([N+](=O)[O-])cc1C(C)=O)C(=O)O. The van der Waals surface area contributed by atoms with Gasteiger partial charge in [-0.25, -0.2) is 4.79 Å². The Kier molecular flexibility index (Phi) is 5.83. The maximum absolute atomic E-state index is 11.6. The van der Waals surface area contributed by atoms with Crippen molar-refractivity contribution in [3.63, 3.8) is 0 Å². The van der Waals surface area contributed by atoms with E-state index in [2.05, 4.69) is 0 Å². The second-order valence-corrected chi connectivity index (χ2v) is 4.58. The molecule has 0 saturated carbocycles. The molecule has 0 spiro atoms. The Labute approximate surface area is 121 Å². The number of aliphatic carboxylic acids is 1. The van der Waals surface area contributed by atoms with Crippen molar-refractivity contribution in [2.75, 3.05) is 0 Å². The highest BCUT2D eigenvalue weighted by atomic mass is 16.6. The fraction of sp³-hybridized carbons (Fsp3) is 0.429. The van der Waals surface area contributed by atoms with E-state index in [1.807, 2.05) is 6.92 Å². The predicted molar refractivity (Wildman–Crippen MR) is 74.7 cm³/mol. The summed E-state index contributed by atoms with van der Waals surface area (Å²) in [5, 5.41) is 19.8. The van der Waals surface area contributed by atoms with Gasteiger partial charge in [-0.05, 0) is 25.8 Å². The lowest BCUT2D eigenvalue weighted by molar-refractivity contribution is -0.384. The Morgan fingerprint density at radius 2 is 2.10 bits per heavy atom. The molecule has 0 amide bonds. The Morgan fingerprint density at radius 3 is 2.57 bits per heavy atom. The first-order chi connectivity index (χ1) is 9.86. The van der Waals surface area contributed by atoms with Gasteiger partial charge in [0.15, 0.2) is 11.9 Å². The minimum Gasteiger partial charge on any atom is -0.479 e. The highest BCUT2D eigenvalue weighted by molar-refractivity contribution is 5.97. The molecule has 1 aromatic carbocycles. The van der Waals surface area contributed by atoms with Crippen LogP contribution in [0.4, 0.5) is 5.69 Å². The highest BCUT2D eigenvalue weighted by Gasteiger charge is 2.22. The average Bonchev–Trinajstić information content (AvgIpc) is 2.42. The number of hydrogen-bond acceptors (Lipinski definition) is 5. The number of benzene rings is 1. The number of carbonyl (C=O) groups is 2. The number of unbranched alkanes of at least 4 members (excludes halogenated alkanes) is 1. The van der Waals surface area contributed by atoms with E-state index in [1.54, 1.807) is 0 Å². The van der Waals surface area contributed by atoms with Crippen molar-refractivity contribution in [3.8, 4) is 5.75 Å². The number of nitro benzene ring substituents is 1. The van der Waals surface area contributed by atoms with Gasteiger partial charge in [-0.3, -0.25) is 14.9 Å². The summed E-state index contributed by atoms with van der Waals surface area (Å²) in [6.07, 6.45) is 0.705. The monoisotopic (exact) mass is 295 g/mol. The summed E-state index contributed by atoms with van der Waals surface area (Å²) in [4.78, 5) is 32.8. The van der Waals surface area contributed by atoms with Crippen molar-refractivity contribution in [2.45, 2.75) is 39.2 Å². The number of hydrogen-bond donors (Lipinski definition) is 1. The fourth-order valence-corrected chi connectivity index (χ4v) is 1.79. The van der Waals surface area contributed by atoms with E-state index in [9.17, 15) is 19.7 Å². The molecule has 7 nitrogen and oxygen atoms in total. The number of ketones is 1. The van der Waals surface area contributed by atoms with Crippen LogP contribution in [0.25, 0.3) is 0 Å². The third-order valence-electron chi connectivity index (χ3n) is 2.92. The van der Waals surface area contributed by atoms with Crippen LogP contribution in [0.2, 0.25) is 0 Å². The van der Waals surface area contributed by atoms with Gasteiger partial charge in [0.25, 0.3) is 5.69 Å². The molecule has 1 rings (SSSR count). The summed E-state index contributed by atoms with van der Waals surface area (Å²) in [7, 11) is 0. The standard InChI is InChI=1S/C14H17NO6/c1-3-4-5-13(14(17)18)21-12-7-6-10(15(19)20)8-11(12)9(2)16/h6-8,13H,3-5H2,1-2H3,(H,17,18). The number of carbonyl (C=O) groups excluding carboxylic acids is 1. The first-order valence-electron chi connectivity index (χ1n) is 6.55. The van der Waals surface area contributed by atoms with Crippen molar-refractivity contribution in [2.24, 2.45) is 0 Å². The van der Waals surface area contributed by atoms with Crippen LogP contribution in [0.1, 0.15) is 43.5 Å². The van der Waals surface area contributed by atoms with E-state index < -0.39 is 22.8 Å². The van der Waals surface area contributed by atoms with Crippen molar-refractivity contribution < 1.29 is 24.4 Å². The van der Waals surface area contributed by atoms with Crippen LogP contribution in [-0.4, -0.2) is 27.9 Å². The second kappa shape index (κ2) is 7.37. The van der Waals surface area contributed by atoms with Crippen LogP contribution in [0.3, 0.4) is 0 Å². The number of nitrogens with zero attached hydrogens (tertiary/aromatic N) is 1. The number of non-ortho nitro benzene ring substituents is 1. The third-order valence-corrected chi connectivity index (χ3v) is 2.92. The van der Waals surface area contributed by atoms with E-state index >= 15 is 0 Å². The topological polar surface area (TPSA) is 107 Å². The van der Waals surface area contributed by atoms with E-state index in [1.165, 1.54) is 19.1 Å². The van der Waals surface area contributed by atoms with Gasteiger partial charge in [0.05, 0.1) is 10.5 Å². The zero-order valence-electron chi connectivity index (χ0n) is 11.9. The summed E-state index contributed by atoms with van der Waals surface area (Å²) >= 11 is 0. The minimum absolute atomic E-state index is 0.00643. The first-order valence-corrected chi connectivity index (χ1v) is 6.55. The Bertz CT molecular complexity index is 554. The van der Waals surface area contributed by atoms with Crippen molar-refractivity contribution in [3.05, 3.63) is 33.9 Å². The fourth-order valence-electron chi connectivity index (χ4n) is 1.79. The van der Waals surface area contributed by atoms with Crippen LogP contribution >= 0.6 is 0 Å². The van der Waals surface area contributed by atoms with Gasteiger partial charge in [0.1, 0.15) is 5.75 Å². The van der Waals surface area contributed by atoms with Crippen molar-refractivity contribution in [1.82, 2.24) is 0 Å². The number of carboxylic acids is 1. The average molecular weight is 295 g/mol. The number of ether oxygens (including phenoxy) is 1. The molecule has 1 aromatic rings. The lowest BCUT2D eigenvalue weighted by Gasteiger charge is -2.16. The van der Waals surface area contributed by atoms with Crippen LogP contribution in [0.15, 0.2) is 18.2 Å². The smallest absolute Gasteiger partial charge is 0.344 e. The van der Waals surface area contributed by atoms with Crippen LogP contribution in [0, 0.1) is 10.1 Å². The third kappa shape index (κ3) is 4.55. The van der Waals surface area contributed by atoms with Gasteiger partial charge >= 0.3 is 5.97 Å². The molecular weight excluding hydrogens is 278 g/mol. The molecule has 0 fully saturated rings. The number of nitro groups is 1. The molecule has 114 valence electrons. The zero-order chi connectivity index (χ0) is 16.0. The van der Waals surface area contributed by atoms with Gasteiger partial charge in [0, 0.05) is 12.1 Å². The number of Topliss-reactive ketones (excluding diaryl/α,β-unsaturated/α-hetero) is 1. The molecule has 1 N–H and O–H groups in total. The zero-order valence-corrected chi connectivity index (χ0v) is 11.9. The largest absolute Gasteiger partial charge is 0.479 e. The van der Waals surface area contributed by atoms with Crippen LogP contribution < -0.4 is 4.74 Å². The molecule has 0 aliphatic rings. The molecule has 21 heavy (non-hydrogen) atoms. The van der Waals surface area contributed by atoms with E-state index in [-0.39, 0.29) is 17.0 Å². The lowest BCUT2D eigenvalue weighted by Crippen LogP contribution is -2.27. The number of rotatable bonds is 8. The Hall–Kier alpha value is -2.44. The Morgan fingerprint density at radius 1 is 1.43 bits per heavy atom. The van der Waals surface area contributed by atoms with Gasteiger partial charge in [-0.1, -0.05) is 13.3 Å². The summed E-state index contributed by atoms with van der Waals surface area (Å²) in [5.41, 5.74) is -0.236. The van der Waals surface area contributed by atoms with Gasteiger partial charge in [0.2, 0.25) is 0 Å². The summed E-state index contributed by atoms with van der Waals surface area (Å²) in [6, 6.07) is 3.54. The summed E-state index contributed by atoms with van der Waals surface area (Å²) in [6.45, 7) is 3.17. The van der Waals surface area contributed by atoms with Crippen LogP contribution in [0.5, 0.6) is 5.75 Å². The molecule has 0 radical (unpaired) electrons. The van der Waals surface area contributed by atoms with E-state index in [0.717, 1.165) is 12.5 Å². The summed E-state index contributed by atoms with van der Waals surface area (Å²) < 4.78 is 5.36. The molecular formula is C14H17NO6. The minimum atomic E-state index is -1.13. The molecule has 0 aromatic heterocycles. The maximum Gasteiger partial charge on any atom is 0.344 e. The molecule has 0 aliphatic carbocycles. The molecule has 1 atom stereocenters. The number of carboxylic acid groups (broad SMARTS) is 1. The van der Waals surface area contributed by atoms with Crippen molar-refractivity contribution >= 4 is 17.4 Å². The molecule has 0 heterocycles. The lowest BCUT2D eigenvalue weighted by atomic mass is 10.1. The molecule has 0 aliphatic heterocycles. The quantitative estimate of drug-likeness (QED) is 0.449. The normalized spacial score (nSPS) is 11.7. The highest BCUT2D eigenvalue weighted by Crippen LogP contribution is 2.26. The molecule has 0 bridgehead atoms. The molecule has 7 heteroatoms. The predicted octanol–water partition coefficient (Wildman–Crippen LogP) is 2.82. The van der Waals surface area contributed by atoms with Crippen LogP contribution in [-0.2, 0) is 4.79 Å². The second-order valence-electron chi connectivity index (χ2n) is 4.58. The van der Waals surface area contributed by atoms with E-state index in [4.69, 9.17) is 9.84 Å². The van der Waals surface area contributed by atoms with Crippen molar-refractivity contribution in [1.29, 1.82) is 0 Å². The first kappa shape index (κ1) is 16.6. The maximum atomic E-state index is 11.6.